The molecule has 1 N–H and O–H groups in total. The van der Waals surface area contributed by atoms with Crippen molar-refractivity contribution in [3.05, 3.63) is 66.1 Å². The molecule has 158 valence electrons. The van der Waals surface area contributed by atoms with Gasteiger partial charge in [0.1, 0.15) is 5.52 Å². The number of aliphatic hydroxyl groups is 1. The van der Waals surface area contributed by atoms with Crippen LogP contribution in [0, 0.1) is 0 Å². The van der Waals surface area contributed by atoms with Gasteiger partial charge in [-0.3, -0.25) is 4.79 Å². The number of hydrogen-bond donors (Lipinski definition) is 1. The summed E-state index contributed by atoms with van der Waals surface area (Å²) in [6.45, 7) is 0.565. The lowest BCUT2D eigenvalue weighted by molar-refractivity contribution is -0.268. The van der Waals surface area contributed by atoms with E-state index in [4.69, 9.17) is 4.42 Å². The van der Waals surface area contributed by atoms with Gasteiger partial charge >= 0.3 is 6.18 Å². The summed E-state index contributed by atoms with van der Waals surface area (Å²) < 4.78 is 46.8. The maximum absolute atomic E-state index is 13.7. The highest BCUT2D eigenvalue weighted by molar-refractivity contribution is 5.78. The van der Waals surface area contributed by atoms with Crippen LogP contribution in [0.25, 0.3) is 11.1 Å². The second-order valence-corrected chi connectivity index (χ2v) is 7.58. The Kier molecular flexibility index (Phi) is 5.27. The fourth-order valence-electron chi connectivity index (χ4n) is 3.85. The zero-order valence-corrected chi connectivity index (χ0v) is 16.1. The van der Waals surface area contributed by atoms with Gasteiger partial charge in [0.05, 0.1) is 6.42 Å². The lowest BCUT2D eigenvalue weighted by Gasteiger charge is -2.35. The minimum atomic E-state index is -4.97. The predicted molar refractivity (Wildman–Crippen MR) is 104 cm³/mol. The monoisotopic (exact) mass is 418 g/mol. The Bertz CT molecular complexity index is 994. The van der Waals surface area contributed by atoms with Crippen LogP contribution < -0.4 is 0 Å². The molecule has 5 nitrogen and oxygen atoms in total. The average Bonchev–Trinajstić information content (AvgIpc) is 3.18. The Hall–Kier alpha value is -2.87. The lowest BCUT2D eigenvalue weighted by atomic mass is 9.88. The van der Waals surface area contributed by atoms with Crippen LogP contribution in [0.2, 0.25) is 0 Å². The molecule has 1 saturated heterocycles. The number of carbonyl (C=O) groups is 1. The van der Waals surface area contributed by atoms with Gasteiger partial charge in [-0.2, -0.15) is 13.2 Å². The van der Waals surface area contributed by atoms with Gasteiger partial charge < -0.3 is 14.4 Å². The summed E-state index contributed by atoms with van der Waals surface area (Å²) in [5.41, 5.74) is -2.12. The number of aromatic nitrogens is 1. The number of piperidine rings is 1. The van der Waals surface area contributed by atoms with Crippen molar-refractivity contribution in [2.75, 3.05) is 13.1 Å². The van der Waals surface area contributed by atoms with Crippen molar-refractivity contribution in [3.8, 4) is 0 Å². The van der Waals surface area contributed by atoms with Crippen molar-refractivity contribution in [3.63, 3.8) is 0 Å². The van der Waals surface area contributed by atoms with E-state index in [0.717, 1.165) is 5.52 Å². The summed E-state index contributed by atoms with van der Waals surface area (Å²) in [4.78, 5) is 18.5. The minimum absolute atomic E-state index is 0.00271. The summed E-state index contributed by atoms with van der Waals surface area (Å²) >= 11 is 0. The maximum atomic E-state index is 13.7. The van der Waals surface area contributed by atoms with Gasteiger partial charge in [0.2, 0.25) is 5.91 Å². The minimum Gasteiger partial charge on any atom is -0.440 e. The highest BCUT2D eigenvalue weighted by Gasteiger charge is 2.56. The zero-order chi connectivity index (χ0) is 21.4. The molecule has 1 aromatic heterocycles. The Morgan fingerprint density at radius 1 is 1.07 bits per heavy atom. The van der Waals surface area contributed by atoms with Gasteiger partial charge in [-0.1, -0.05) is 42.5 Å². The maximum Gasteiger partial charge on any atom is 0.421 e. The number of nitrogens with zero attached hydrogens (tertiary/aromatic N) is 2. The molecule has 0 bridgehead atoms. The van der Waals surface area contributed by atoms with Crippen LogP contribution >= 0.6 is 0 Å². The van der Waals surface area contributed by atoms with Crippen molar-refractivity contribution in [2.24, 2.45) is 0 Å². The number of oxazole rings is 1. The summed E-state index contributed by atoms with van der Waals surface area (Å²) in [5, 5.41) is 10.4. The van der Waals surface area contributed by atoms with E-state index in [-0.39, 0.29) is 24.6 Å². The quantitative estimate of drug-likeness (QED) is 0.683. The second-order valence-electron chi connectivity index (χ2n) is 7.58. The van der Waals surface area contributed by atoms with Crippen molar-refractivity contribution in [2.45, 2.75) is 37.0 Å². The summed E-state index contributed by atoms with van der Waals surface area (Å²) in [6.07, 6.45) is -4.95. The molecule has 1 aliphatic rings. The van der Waals surface area contributed by atoms with Crippen LogP contribution in [0.5, 0.6) is 0 Å². The van der Waals surface area contributed by atoms with Gasteiger partial charge in [-0.15, -0.1) is 0 Å². The van der Waals surface area contributed by atoms with Crippen LogP contribution in [0.15, 0.2) is 59.0 Å². The number of hydrogen-bond acceptors (Lipinski definition) is 4. The number of alkyl halides is 3. The molecular weight excluding hydrogens is 397 g/mol. The van der Waals surface area contributed by atoms with E-state index in [1.807, 2.05) is 24.3 Å². The van der Waals surface area contributed by atoms with Crippen LogP contribution in [-0.4, -0.2) is 40.2 Å². The number of halogens is 3. The predicted octanol–water partition coefficient (Wildman–Crippen LogP) is 4.37. The van der Waals surface area contributed by atoms with Gasteiger partial charge in [0, 0.05) is 19.0 Å². The Morgan fingerprint density at radius 3 is 2.33 bits per heavy atom. The van der Waals surface area contributed by atoms with Gasteiger partial charge in [-0.05, 0) is 30.5 Å². The first-order valence-corrected chi connectivity index (χ1v) is 9.76. The molecule has 0 spiro atoms. The van der Waals surface area contributed by atoms with E-state index in [0.29, 0.717) is 24.3 Å². The smallest absolute Gasteiger partial charge is 0.421 e. The Morgan fingerprint density at radius 2 is 1.70 bits per heavy atom. The number of rotatable bonds is 4. The Balaban J connectivity index is 1.44. The van der Waals surface area contributed by atoms with Crippen LogP contribution in [0.4, 0.5) is 13.2 Å². The normalized spacial score (nSPS) is 17.8. The second kappa shape index (κ2) is 7.75. The molecule has 0 saturated carbocycles. The molecule has 1 amide bonds. The number of likely N-dealkylation sites (tertiary alicyclic amines) is 1. The third-order valence-electron chi connectivity index (χ3n) is 5.63. The molecule has 3 aromatic rings. The molecule has 2 aromatic carbocycles. The first-order valence-electron chi connectivity index (χ1n) is 9.76. The van der Waals surface area contributed by atoms with E-state index in [1.165, 1.54) is 29.2 Å². The molecule has 30 heavy (non-hydrogen) atoms. The third-order valence-corrected chi connectivity index (χ3v) is 5.63. The molecule has 8 heteroatoms. The zero-order valence-electron chi connectivity index (χ0n) is 16.1. The first-order chi connectivity index (χ1) is 14.3. The molecule has 4 rings (SSSR count). The SMILES string of the molecule is O=C(CC(O)(c1ccccc1)C(F)(F)F)N1CCC(c2nc3ccccc3o2)CC1. The van der Waals surface area contributed by atoms with E-state index >= 15 is 0 Å². The molecule has 1 atom stereocenters. The van der Waals surface area contributed by atoms with Crippen LogP contribution in [0.3, 0.4) is 0 Å². The summed E-state index contributed by atoms with van der Waals surface area (Å²) in [7, 11) is 0. The number of para-hydroxylation sites is 2. The fraction of sp³-hybridized carbons (Fsp3) is 0.364. The number of benzene rings is 2. The number of amides is 1. The van der Waals surface area contributed by atoms with Gasteiger partial charge in [0.25, 0.3) is 0 Å². The van der Waals surface area contributed by atoms with E-state index in [2.05, 4.69) is 4.98 Å². The van der Waals surface area contributed by atoms with Crippen LogP contribution in [-0.2, 0) is 10.4 Å². The highest BCUT2D eigenvalue weighted by Crippen LogP contribution is 2.42. The van der Waals surface area contributed by atoms with Gasteiger partial charge in [-0.25, -0.2) is 4.98 Å². The van der Waals surface area contributed by atoms with E-state index in [9.17, 15) is 23.1 Å². The topological polar surface area (TPSA) is 66.6 Å². The largest absolute Gasteiger partial charge is 0.440 e. The Labute approximate surface area is 171 Å². The molecular formula is C22H21F3N2O3. The van der Waals surface area contributed by atoms with E-state index < -0.39 is 24.1 Å². The van der Waals surface area contributed by atoms with E-state index in [1.54, 1.807) is 6.07 Å². The molecule has 1 fully saturated rings. The van der Waals surface area contributed by atoms with Gasteiger partial charge in [0.15, 0.2) is 17.1 Å². The molecule has 1 aliphatic heterocycles. The molecule has 1 unspecified atom stereocenters. The lowest BCUT2D eigenvalue weighted by Crippen LogP contribution is -2.48. The fourth-order valence-corrected chi connectivity index (χ4v) is 3.85. The summed E-state index contributed by atoms with van der Waals surface area (Å²) in [5.74, 6) is -0.147. The third kappa shape index (κ3) is 3.79. The van der Waals surface area contributed by atoms with Crippen molar-refractivity contribution in [1.29, 1.82) is 0 Å². The van der Waals surface area contributed by atoms with Crippen LogP contribution in [0.1, 0.15) is 36.6 Å². The van der Waals surface area contributed by atoms with Crippen molar-refractivity contribution >= 4 is 17.0 Å². The summed E-state index contributed by atoms with van der Waals surface area (Å²) in [6, 6.07) is 14.1. The standard InChI is InChI=1S/C22H21F3N2O3/c23-22(24,25)21(29,16-6-2-1-3-7-16)14-19(28)27-12-10-15(11-13-27)20-26-17-8-4-5-9-18(17)30-20/h1-9,15,29H,10-14H2. The number of carbonyl (C=O) groups excluding carboxylic acids is 1. The molecule has 0 radical (unpaired) electrons. The average molecular weight is 418 g/mol. The first kappa shape index (κ1) is 20.4. The molecule has 2 heterocycles. The van der Waals surface area contributed by atoms with Crippen molar-refractivity contribution < 1.29 is 27.5 Å². The van der Waals surface area contributed by atoms with Crippen molar-refractivity contribution in [1.82, 2.24) is 9.88 Å². The molecule has 0 aliphatic carbocycles. The highest BCUT2D eigenvalue weighted by atomic mass is 19.4. The number of fused-ring (bicyclic) bond motifs is 1.